The minimum atomic E-state index is -0.176. The summed E-state index contributed by atoms with van der Waals surface area (Å²) in [4.78, 5) is 14.3. The standard InChI is InChI=1S/C17H34N2O2/c1-5-7-15-8-6-11-19(12-9-15)13-10-16(17(20)21-4)18-14(2)3/h14-16,18H,5-13H2,1-4H3. The Labute approximate surface area is 130 Å². The summed E-state index contributed by atoms with van der Waals surface area (Å²) in [5, 5.41) is 3.31. The van der Waals surface area contributed by atoms with Gasteiger partial charge in [-0.1, -0.05) is 33.6 Å². The van der Waals surface area contributed by atoms with Gasteiger partial charge in [-0.15, -0.1) is 0 Å². The Morgan fingerprint density at radius 3 is 2.71 bits per heavy atom. The average molecular weight is 298 g/mol. The average Bonchev–Trinajstić information content (AvgIpc) is 2.68. The number of rotatable bonds is 8. The van der Waals surface area contributed by atoms with Gasteiger partial charge in [0, 0.05) is 12.6 Å². The highest BCUT2D eigenvalue weighted by molar-refractivity contribution is 5.75. The molecule has 0 amide bonds. The van der Waals surface area contributed by atoms with Crippen molar-refractivity contribution in [1.29, 1.82) is 0 Å². The summed E-state index contributed by atoms with van der Waals surface area (Å²) in [6, 6.07) is 0.122. The highest BCUT2D eigenvalue weighted by Crippen LogP contribution is 2.22. The maximum absolute atomic E-state index is 11.8. The first-order valence-electron chi connectivity index (χ1n) is 8.63. The molecule has 0 spiro atoms. The second-order valence-corrected chi connectivity index (χ2v) is 6.61. The van der Waals surface area contributed by atoms with Crippen molar-refractivity contribution in [3.63, 3.8) is 0 Å². The molecule has 4 nitrogen and oxygen atoms in total. The molecule has 0 radical (unpaired) electrons. The van der Waals surface area contributed by atoms with Gasteiger partial charge in [0.15, 0.2) is 0 Å². The van der Waals surface area contributed by atoms with Gasteiger partial charge in [0.05, 0.1) is 7.11 Å². The molecule has 1 fully saturated rings. The molecule has 1 saturated heterocycles. The van der Waals surface area contributed by atoms with Gasteiger partial charge in [0.2, 0.25) is 0 Å². The summed E-state index contributed by atoms with van der Waals surface area (Å²) >= 11 is 0. The molecule has 0 aromatic carbocycles. The number of hydrogen-bond donors (Lipinski definition) is 1. The van der Waals surface area contributed by atoms with Crippen molar-refractivity contribution in [2.75, 3.05) is 26.7 Å². The largest absolute Gasteiger partial charge is 0.468 e. The Morgan fingerprint density at radius 2 is 2.10 bits per heavy atom. The van der Waals surface area contributed by atoms with Gasteiger partial charge in [0.1, 0.15) is 6.04 Å². The number of hydrogen-bond acceptors (Lipinski definition) is 4. The highest BCUT2D eigenvalue weighted by atomic mass is 16.5. The Kier molecular flexibility index (Phi) is 8.93. The summed E-state index contributed by atoms with van der Waals surface area (Å²) in [5.41, 5.74) is 0. The molecule has 0 aromatic heterocycles. The van der Waals surface area contributed by atoms with Gasteiger partial charge < -0.3 is 15.0 Å². The second-order valence-electron chi connectivity index (χ2n) is 6.61. The number of likely N-dealkylation sites (tertiary alicyclic amines) is 1. The lowest BCUT2D eigenvalue weighted by Gasteiger charge is -2.24. The molecular weight excluding hydrogens is 264 g/mol. The van der Waals surface area contributed by atoms with Crippen LogP contribution in [0.4, 0.5) is 0 Å². The molecule has 4 heteroatoms. The lowest BCUT2D eigenvalue weighted by atomic mass is 9.96. The van der Waals surface area contributed by atoms with Crippen LogP contribution in [0.2, 0.25) is 0 Å². The van der Waals surface area contributed by atoms with Crippen LogP contribution in [0.3, 0.4) is 0 Å². The van der Waals surface area contributed by atoms with E-state index in [4.69, 9.17) is 4.74 Å². The van der Waals surface area contributed by atoms with Crippen LogP contribution in [0.1, 0.15) is 59.3 Å². The van der Waals surface area contributed by atoms with Crippen molar-refractivity contribution in [2.24, 2.45) is 5.92 Å². The van der Waals surface area contributed by atoms with E-state index >= 15 is 0 Å². The quantitative estimate of drug-likeness (QED) is 0.700. The lowest BCUT2D eigenvalue weighted by molar-refractivity contribution is -0.143. The fraction of sp³-hybridized carbons (Fsp3) is 0.941. The van der Waals surface area contributed by atoms with E-state index in [-0.39, 0.29) is 12.0 Å². The number of carbonyl (C=O) groups excluding carboxylic acids is 1. The minimum Gasteiger partial charge on any atom is -0.468 e. The Balaban J connectivity index is 2.39. The van der Waals surface area contributed by atoms with E-state index in [2.05, 4.69) is 31.0 Å². The van der Waals surface area contributed by atoms with E-state index in [1.807, 2.05) is 0 Å². The Hall–Kier alpha value is -0.610. The lowest BCUT2D eigenvalue weighted by Crippen LogP contribution is -2.44. The van der Waals surface area contributed by atoms with Gasteiger partial charge in [-0.25, -0.2) is 0 Å². The number of carbonyl (C=O) groups is 1. The molecule has 0 bridgehead atoms. The topological polar surface area (TPSA) is 41.6 Å². The van der Waals surface area contributed by atoms with Gasteiger partial charge in [-0.2, -0.15) is 0 Å². The molecule has 2 unspecified atom stereocenters. The van der Waals surface area contributed by atoms with Crippen molar-refractivity contribution in [1.82, 2.24) is 10.2 Å². The smallest absolute Gasteiger partial charge is 0.322 e. The molecule has 2 atom stereocenters. The third kappa shape index (κ3) is 7.28. The van der Waals surface area contributed by atoms with E-state index in [9.17, 15) is 4.79 Å². The molecule has 0 saturated carbocycles. The normalized spacial score (nSPS) is 22.0. The van der Waals surface area contributed by atoms with E-state index < -0.39 is 0 Å². The first-order chi connectivity index (χ1) is 10.1. The van der Waals surface area contributed by atoms with E-state index in [1.165, 1.54) is 52.3 Å². The molecule has 0 aromatic rings. The fourth-order valence-corrected chi connectivity index (χ4v) is 3.27. The van der Waals surface area contributed by atoms with Gasteiger partial charge in [-0.05, 0) is 44.7 Å². The van der Waals surface area contributed by atoms with Crippen LogP contribution in [-0.4, -0.2) is 49.7 Å². The van der Waals surface area contributed by atoms with Crippen LogP contribution >= 0.6 is 0 Å². The molecule has 0 aliphatic carbocycles. The van der Waals surface area contributed by atoms with E-state index in [1.54, 1.807) is 0 Å². The monoisotopic (exact) mass is 298 g/mol. The number of methoxy groups -OCH3 is 1. The van der Waals surface area contributed by atoms with Crippen molar-refractivity contribution in [3.05, 3.63) is 0 Å². The van der Waals surface area contributed by atoms with E-state index in [0.717, 1.165) is 18.9 Å². The van der Waals surface area contributed by atoms with Crippen LogP contribution in [0.5, 0.6) is 0 Å². The van der Waals surface area contributed by atoms with Crippen molar-refractivity contribution in [3.8, 4) is 0 Å². The Bertz CT molecular complexity index is 295. The summed E-state index contributed by atoms with van der Waals surface area (Å²) in [6.45, 7) is 9.75. The maximum Gasteiger partial charge on any atom is 0.322 e. The van der Waals surface area contributed by atoms with Crippen molar-refractivity contribution < 1.29 is 9.53 Å². The number of nitrogens with one attached hydrogen (secondary N) is 1. The molecular formula is C17H34N2O2. The predicted octanol–water partition coefficient (Wildman–Crippen LogP) is 2.82. The predicted molar refractivity (Wildman–Crippen MR) is 87.4 cm³/mol. The fourth-order valence-electron chi connectivity index (χ4n) is 3.27. The molecule has 124 valence electrons. The van der Waals surface area contributed by atoms with Crippen LogP contribution in [0.25, 0.3) is 0 Å². The van der Waals surface area contributed by atoms with Gasteiger partial charge in [0.25, 0.3) is 0 Å². The van der Waals surface area contributed by atoms with Crippen molar-refractivity contribution in [2.45, 2.75) is 71.4 Å². The maximum atomic E-state index is 11.8. The number of ether oxygens (including phenoxy) is 1. The summed E-state index contributed by atoms with van der Waals surface area (Å²) in [5.74, 6) is 0.771. The minimum absolute atomic E-state index is 0.137. The molecule has 1 N–H and O–H groups in total. The Morgan fingerprint density at radius 1 is 1.33 bits per heavy atom. The summed E-state index contributed by atoms with van der Waals surface area (Å²) in [7, 11) is 1.47. The van der Waals surface area contributed by atoms with Crippen LogP contribution in [0, 0.1) is 5.92 Å². The summed E-state index contributed by atoms with van der Waals surface area (Å²) in [6.07, 6.45) is 7.48. The number of esters is 1. The molecule has 1 aliphatic rings. The van der Waals surface area contributed by atoms with Crippen LogP contribution in [-0.2, 0) is 9.53 Å². The zero-order valence-corrected chi connectivity index (χ0v) is 14.4. The number of nitrogens with zero attached hydrogens (tertiary/aromatic N) is 1. The van der Waals surface area contributed by atoms with Crippen LogP contribution in [0.15, 0.2) is 0 Å². The highest BCUT2D eigenvalue weighted by Gasteiger charge is 2.22. The summed E-state index contributed by atoms with van der Waals surface area (Å²) < 4.78 is 4.91. The molecule has 1 heterocycles. The SMILES string of the molecule is CCCC1CCCN(CCC(NC(C)C)C(=O)OC)CC1. The van der Waals surface area contributed by atoms with Crippen molar-refractivity contribution >= 4 is 5.97 Å². The second kappa shape index (κ2) is 10.2. The zero-order chi connectivity index (χ0) is 15.7. The first kappa shape index (κ1) is 18.4. The first-order valence-corrected chi connectivity index (χ1v) is 8.63. The molecule has 1 aliphatic heterocycles. The van der Waals surface area contributed by atoms with E-state index in [0.29, 0.717) is 6.04 Å². The van der Waals surface area contributed by atoms with Gasteiger partial charge >= 0.3 is 5.97 Å². The third-order valence-electron chi connectivity index (χ3n) is 4.39. The zero-order valence-electron chi connectivity index (χ0n) is 14.4. The van der Waals surface area contributed by atoms with Gasteiger partial charge in [-0.3, -0.25) is 4.79 Å². The van der Waals surface area contributed by atoms with Crippen LogP contribution < -0.4 is 5.32 Å². The molecule has 1 rings (SSSR count). The molecule has 21 heavy (non-hydrogen) atoms. The third-order valence-corrected chi connectivity index (χ3v) is 4.39.